The average molecular weight is 333 g/mol. The molecule has 2 aromatic rings. The van der Waals surface area contributed by atoms with Crippen molar-refractivity contribution in [2.75, 3.05) is 20.1 Å². The van der Waals surface area contributed by atoms with E-state index in [1.54, 1.807) is 19.2 Å². The fourth-order valence-corrected chi connectivity index (χ4v) is 2.13. The number of nitrogens with one attached hydrogen (secondary N) is 2. The summed E-state index contributed by atoms with van der Waals surface area (Å²) in [5.41, 5.74) is 0.949. The Balaban J connectivity index is 1.70. The number of hydrogen-bond acceptors (Lipinski definition) is 4. The third kappa shape index (κ3) is 5.64. The monoisotopic (exact) mass is 333 g/mol. The maximum Gasteiger partial charge on any atom is 0.228 e. The van der Waals surface area contributed by atoms with Gasteiger partial charge in [-0.3, -0.25) is 4.99 Å². The highest BCUT2D eigenvalue weighted by molar-refractivity contribution is 5.79. The lowest BCUT2D eigenvalue weighted by Crippen LogP contribution is -2.39. The van der Waals surface area contributed by atoms with Gasteiger partial charge in [0.15, 0.2) is 11.8 Å². The summed E-state index contributed by atoms with van der Waals surface area (Å²) >= 11 is 0. The molecule has 2 rings (SSSR count). The van der Waals surface area contributed by atoms with Gasteiger partial charge in [0, 0.05) is 32.5 Å². The van der Waals surface area contributed by atoms with Crippen LogP contribution in [0, 0.1) is 5.82 Å². The molecule has 6 nitrogen and oxygen atoms in total. The van der Waals surface area contributed by atoms with Crippen molar-refractivity contribution in [1.82, 2.24) is 20.8 Å². The van der Waals surface area contributed by atoms with Crippen LogP contribution in [0.2, 0.25) is 0 Å². The van der Waals surface area contributed by atoms with Crippen molar-refractivity contribution >= 4 is 5.96 Å². The molecule has 0 bridgehead atoms. The maximum absolute atomic E-state index is 13.1. The van der Waals surface area contributed by atoms with Gasteiger partial charge >= 0.3 is 0 Å². The third-order valence-corrected chi connectivity index (χ3v) is 3.45. The molecule has 0 amide bonds. The summed E-state index contributed by atoms with van der Waals surface area (Å²) in [6, 6.07) is 6.61. The summed E-state index contributed by atoms with van der Waals surface area (Å²) in [4.78, 5) is 8.48. The predicted molar refractivity (Wildman–Crippen MR) is 91.6 cm³/mol. The highest BCUT2D eigenvalue weighted by Crippen LogP contribution is 2.09. The molecule has 0 aliphatic rings. The minimum absolute atomic E-state index is 0.213. The van der Waals surface area contributed by atoms with Crippen LogP contribution in [0.15, 0.2) is 33.8 Å². The number of aliphatic imine (C=N–C) groups is 1. The summed E-state index contributed by atoms with van der Waals surface area (Å²) in [6.45, 7) is 5.36. The fourth-order valence-electron chi connectivity index (χ4n) is 2.13. The molecule has 0 saturated heterocycles. The fraction of sp³-hybridized carbons (Fsp3) is 0.471. The van der Waals surface area contributed by atoms with E-state index in [0.717, 1.165) is 17.8 Å². The average Bonchev–Trinajstić information content (AvgIpc) is 3.02. The van der Waals surface area contributed by atoms with Gasteiger partial charge in [0.25, 0.3) is 0 Å². The van der Waals surface area contributed by atoms with Gasteiger partial charge < -0.3 is 15.2 Å². The van der Waals surface area contributed by atoms with E-state index in [1.807, 2.05) is 19.9 Å². The van der Waals surface area contributed by atoms with Gasteiger partial charge in [-0.1, -0.05) is 31.1 Å². The molecule has 0 saturated carbocycles. The number of halogens is 1. The Hall–Kier alpha value is -2.44. The molecule has 1 heterocycles. The molecule has 0 aliphatic carbocycles. The number of hydrogen-bond donors (Lipinski definition) is 2. The topological polar surface area (TPSA) is 75.3 Å². The van der Waals surface area contributed by atoms with Crippen molar-refractivity contribution in [1.29, 1.82) is 0 Å². The lowest BCUT2D eigenvalue weighted by Gasteiger charge is -2.11. The van der Waals surface area contributed by atoms with E-state index in [0.29, 0.717) is 31.4 Å². The molecule has 0 fully saturated rings. The van der Waals surface area contributed by atoms with Crippen molar-refractivity contribution in [3.05, 3.63) is 47.4 Å². The van der Waals surface area contributed by atoms with Crippen LogP contribution in [0.5, 0.6) is 0 Å². The summed E-state index contributed by atoms with van der Waals surface area (Å²) in [6.07, 6.45) is 1.35. The highest BCUT2D eigenvalue weighted by atomic mass is 19.1. The minimum atomic E-state index is -0.213. The second kappa shape index (κ2) is 9.00. The number of nitrogens with zero attached hydrogens (tertiary/aromatic N) is 3. The minimum Gasteiger partial charge on any atom is -0.356 e. The van der Waals surface area contributed by atoms with Crippen LogP contribution in [0.3, 0.4) is 0 Å². The van der Waals surface area contributed by atoms with Gasteiger partial charge in [-0.25, -0.2) is 4.39 Å². The summed E-state index contributed by atoms with van der Waals surface area (Å²) < 4.78 is 18.3. The quantitative estimate of drug-likeness (QED) is 0.600. The van der Waals surface area contributed by atoms with E-state index in [-0.39, 0.29) is 11.7 Å². The smallest absolute Gasteiger partial charge is 0.228 e. The largest absolute Gasteiger partial charge is 0.356 e. The SMILES string of the molecule is CN=C(NCCc1cccc(F)c1)NCCc1nc(C(C)C)no1. The molecule has 0 aliphatic heterocycles. The van der Waals surface area contributed by atoms with Gasteiger partial charge in [-0.05, 0) is 24.1 Å². The predicted octanol–water partition coefficient (Wildman–Crippen LogP) is 2.28. The van der Waals surface area contributed by atoms with Crippen molar-refractivity contribution in [3.63, 3.8) is 0 Å². The van der Waals surface area contributed by atoms with Crippen molar-refractivity contribution in [2.45, 2.75) is 32.6 Å². The van der Waals surface area contributed by atoms with Gasteiger partial charge in [-0.15, -0.1) is 0 Å². The molecule has 0 radical (unpaired) electrons. The molecule has 7 heteroatoms. The number of guanidine groups is 1. The van der Waals surface area contributed by atoms with Crippen LogP contribution in [-0.4, -0.2) is 36.2 Å². The van der Waals surface area contributed by atoms with Crippen LogP contribution in [-0.2, 0) is 12.8 Å². The first-order valence-corrected chi connectivity index (χ1v) is 8.10. The lowest BCUT2D eigenvalue weighted by atomic mass is 10.1. The summed E-state index contributed by atoms with van der Waals surface area (Å²) in [5, 5.41) is 10.3. The maximum atomic E-state index is 13.1. The molecule has 130 valence electrons. The van der Waals surface area contributed by atoms with Crippen LogP contribution in [0.4, 0.5) is 4.39 Å². The molecule has 24 heavy (non-hydrogen) atoms. The van der Waals surface area contributed by atoms with Gasteiger partial charge in [-0.2, -0.15) is 4.98 Å². The molecule has 1 aromatic heterocycles. The number of rotatable bonds is 7. The molecule has 1 aromatic carbocycles. The van der Waals surface area contributed by atoms with Crippen molar-refractivity contribution in [3.8, 4) is 0 Å². The molecule has 0 spiro atoms. The standard InChI is InChI=1S/C17H24FN5O/c1-12(2)16-22-15(24-23-16)8-10-21-17(19-3)20-9-7-13-5-4-6-14(18)11-13/h4-6,11-12H,7-10H2,1-3H3,(H2,19,20,21). The zero-order valence-corrected chi connectivity index (χ0v) is 14.3. The lowest BCUT2D eigenvalue weighted by molar-refractivity contribution is 0.371. The normalized spacial score (nSPS) is 11.8. The van der Waals surface area contributed by atoms with Crippen molar-refractivity contribution in [2.24, 2.45) is 4.99 Å². The second-order valence-corrected chi connectivity index (χ2v) is 5.76. The second-order valence-electron chi connectivity index (χ2n) is 5.76. The van der Waals surface area contributed by atoms with E-state index in [4.69, 9.17) is 4.52 Å². The van der Waals surface area contributed by atoms with Crippen molar-refractivity contribution < 1.29 is 8.91 Å². The first-order chi connectivity index (χ1) is 11.6. The van der Waals surface area contributed by atoms with E-state index in [9.17, 15) is 4.39 Å². The molecule has 0 unspecified atom stereocenters. The van der Waals surface area contributed by atoms with E-state index in [2.05, 4.69) is 25.8 Å². The third-order valence-electron chi connectivity index (χ3n) is 3.45. The van der Waals surface area contributed by atoms with E-state index in [1.165, 1.54) is 6.07 Å². The molecule has 2 N–H and O–H groups in total. The van der Waals surface area contributed by atoms with E-state index < -0.39 is 0 Å². The van der Waals surface area contributed by atoms with Gasteiger partial charge in [0.1, 0.15) is 5.82 Å². The Morgan fingerprint density at radius 1 is 1.25 bits per heavy atom. The summed E-state index contributed by atoms with van der Waals surface area (Å²) in [7, 11) is 1.71. The molecular formula is C17H24FN5O. The zero-order chi connectivity index (χ0) is 17.4. The Bertz CT molecular complexity index is 669. The Morgan fingerprint density at radius 3 is 2.62 bits per heavy atom. The van der Waals surface area contributed by atoms with Crippen LogP contribution < -0.4 is 10.6 Å². The van der Waals surface area contributed by atoms with Crippen LogP contribution >= 0.6 is 0 Å². The highest BCUT2D eigenvalue weighted by Gasteiger charge is 2.09. The van der Waals surface area contributed by atoms with Gasteiger partial charge in [0.2, 0.25) is 5.89 Å². The van der Waals surface area contributed by atoms with Crippen LogP contribution in [0.1, 0.15) is 37.0 Å². The molecule has 0 atom stereocenters. The van der Waals surface area contributed by atoms with Crippen LogP contribution in [0.25, 0.3) is 0 Å². The Morgan fingerprint density at radius 2 is 2.00 bits per heavy atom. The van der Waals surface area contributed by atoms with E-state index >= 15 is 0 Å². The first kappa shape index (κ1) is 17.9. The number of aromatic nitrogens is 2. The zero-order valence-electron chi connectivity index (χ0n) is 14.3. The molecular weight excluding hydrogens is 309 g/mol. The number of benzene rings is 1. The Labute approximate surface area is 141 Å². The first-order valence-electron chi connectivity index (χ1n) is 8.10. The Kier molecular flexibility index (Phi) is 6.72. The van der Waals surface area contributed by atoms with Gasteiger partial charge in [0.05, 0.1) is 0 Å². The summed E-state index contributed by atoms with van der Waals surface area (Å²) in [5.74, 6) is 2.07.